The molecule has 6 aliphatic heterocycles. The molecule has 23 aliphatic rings. The molecule has 23 fully saturated rings. The summed E-state index contributed by atoms with van der Waals surface area (Å²) in [6, 6.07) is 0. The summed E-state index contributed by atoms with van der Waals surface area (Å²) in [6.07, 6.45) is 8.68. The fraction of sp³-hybridized carbons (Fsp3) is 0.731. The van der Waals surface area contributed by atoms with Crippen LogP contribution in [0.2, 0.25) is 0 Å². The van der Waals surface area contributed by atoms with Crippen LogP contribution in [0.4, 0.5) is 0 Å². The Hall–Kier alpha value is -10.1. The Balaban J connectivity index is 0.000000113. The molecule has 17 saturated carbocycles. The minimum atomic E-state index is -3.65. The fourth-order valence-electron chi connectivity index (χ4n) is 28.8. The van der Waals surface area contributed by atoms with Gasteiger partial charge in [0.25, 0.3) is 10.1 Å². The van der Waals surface area contributed by atoms with Gasteiger partial charge in [-0.15, -0.1) is 0 Å². The van der Waals surface area contributed by atoms with Gasteiger partial charge in [0.15, 0.2) is 26.4 Å². The minimum Gasteiger partial charge on any atom is -0.465 e. The Kier molecular flexibility index (Phi) is 23.2. The first-order valence-corrected chi connectivity index (χ1v) is 47.6. The smallest absolute Gasteiger partial charge is 0.344 e. The van der Waals surface area contributed by atoms with E-state index in [2.05, 4.69) is 26.3 Å². The second-order valence-corrected chi connectivity index (χ2v) is 43.0. The summed E-state index contributed by atoms with van der Waals surface area (Å²) in [4.78, 5) is 210. The summed E-state index contributed by atoms with van der Waals surface area (Å²) in [6.45, 7) is 19.8. The third kappa shape index (κ3) is 15.6. The van der Waals surface area contributed by atoms with E-state index < -0.39 is 263 Å². The van der Waals surface area contributed by atoms with E-state index in [1.807, 2.05) is 6.92 Å². The van der Waals surface area contributed by atoms with Gasteiger partial charge in [-0.05, 0) is 167 Å². The number of ether oxygens (including phenoxy) is 17. The Labute approximate surface area is 752 Å². The standard InChI is InChI=1S/C26H32O8.C23H24O10.C22H24O11S.C22H28O8/c1-12(2)23(28)31-10-18(27)33-21-16-6-17-20(25(30)34-22(17)21)19(16)24(29)32-11-26-7-13-3-14(8-26)5-15(4-13)9-26;1-7(2)20(25)29-6-13(24)30-18-11-5-12-15(23(28)33-19(12)18)14(11)22(27)31-16-8-3-9-10(4-8)21(26)32-17(9)16;1-7(2)20(24)29-6-13(23)30-17-10-5-11-15(22(26)32-18(11)17)14(10)21(25)31-16-8-3-9-12(4-8)34(27,28)33-19(9)16;1-4-22(7-5-6-8-22)30-21(26)16-13-9-12-15(16)20(25)29-18(12)17(13)28-14(23)10-27-19(24)11(2)3/h13-17,19-22H,1,3-11H2,2H3;8-12,14-19H,1,3-6H2,2H3;8-12,14-19H,1,3-6H2,2H3;12-13,15-18H,2,4-10H2,1,3H3. The maximum Gasteiger partial charge on any atom is 0.344 e. The van der Waals surface area contributed by atoms with Crippen molar-refractivity contribution in [2.45, 2.75) is 241 Å². The Morgan fingerprint density at radius 1 is 0.359 bits per heavy atom. The number of carbonyl (C=O) groups excluding carboxylic acids is 17. The van der Waals surface area contributed by atoms with E-state index in [1.54, 1.807) is 0 Å². The predicted octanol–water partition coefficient (Wildman–Crippen LogP) is 4.87. The predicted molar refractivity (Wildman–Crippen MR) is 429 cm³/mol. The molecule has 38 heteroatoms. The SMILES string of the molecule is C=C(C)C(=O)OCC(=O)OC1C2CC3C1OC(=O)C3C2C(=O)OC1(CC)CCCC1.C=C(C)C(=O)OCC(=O)OC1C2CC3C1OC(=O)C3C2C(=O)OC1C2CC3C(=O)OC1C3C2.C=C(C)C(=O)OCC(=O)OC1C2CC3C1OC(=O)C3C2C(=O)OC1C2CC3C1OS(=O)(=O)C3C2.C=C(C)C(=O)OCC(=O)OC1C2CC3C1OC(=O)C3C2C(=O)OCC12CC3CC(CC(C3)C1)C2. The minimum absolute atomic E-state index is 0.0823. The molecule has 0 N–H and O–H groups in total. The second-order valence-electron chi connectivity index (χ2n) is 41.2. The molecule has 6 heterocycles. The summed E-state index contributed by atoms with van der Waals surface area (Å²) in [5, 5.41) is -0.534. The molecule has 0 aromatic rings. The zero-order valence-corrected chi connectivity index (χ0v) is 74.0. The Morgan fingerprint density at radius 3 is 1.05 bits per heavy atom. The molecule has 17 aliphatic carbocycles. The topological polar surface area (TPSA) is 490 Å². The van der Waals surface area contributed by atoms with Crippen LogP contribution in [0, 0.1) is 147 Å². The number of hydrogen-bond donors (Lipinski definition) is 0. The van der Waals surface area contributed by atoms with Crippen LogP contribution in [-0.2, 0) is 176 Å². The van der Waals surface area contributed by atoms with E-state index in [0.29, 0.717) is 51.6 Å². The van der Waals surface area contributed by atoms with E-state index in [-0.39, 0.29) is 111 Å². The van der Waals surface area contributed by atoms with E-state index in [0.717, 1.165) is 75.5 Å². The van der Waals surface area contributed by atoms with Crippen molar-refractivity contribution in [1.82, 2.24) is 0 Å². The van der Waals surface area contributed by atoms with Crippen molar-refractivity contribution >= 4 is 112 Å². The van der Waals surface area contributed by atoms with Gasteiger partial charge in [-0.3, -0.25) is 47.3 Å². The average Bonchev–Trinajstić information content (AvgIpc) is 1.55. The van der Waals surface area contributed by atoms with Crippen LogP contribution in [0.25, 0.3) is 0 Å². The lowest BCUT2D eigenvalue weighted by atomic mass is 9.50. The third-order valence-corrected chi connectivity index (χ3v) is 35.3. The van der Waals surface area contributed by atoms with Crippen molar-refractivity contribution < 1.29 is 175 Å². The van der Waals surface area contributed by atoms with Crippen molar-refractivity contribution in [2.24, 2.45) is 147 Å². The fourth-order valence-corrected chi connectivity index (χ4v) is 30.6. The first-order chi connectivity index (χ1) is 62.3. The highest BCUT2D eigenvalue weighted by Gasteiger charge is 2.76. The van der Waals surface area contributed by atoms with Gasteiger partial charge in [0.1, 0.15) is 78.8 Å². The van der Waals surface area contributed by atoms with Gasteiger partial charge in [0.05, 0.1) is 65.1 Å². The number of hydrogen-bond acceptors (Lipinski definition) is 37. The molecule has 0 radical (unpaired) electrons. The lowest BCUT2D eigenvalue weighted by molar-refractivity contribution is -0.177. The molecule has 0 amide bonds. The molecule has 34 atom stereocenters. The van der Waals surface area contributed by atoms with Crippen molar-refractivity contribution in [3.63, 3.8) is 0 Å². The van der Waals surface area contributed by atoms with Gasteiger partial charge < -0.3 is 80.5 Å². The van der Waals surface area contributed by atoms with Crippen LogP contribution in [0.15, 0.2) is 48.6 Å². The zero-order valence-electron chi connectivity index (χ0n) is 73.2. The van der Waals surface area contributed by atoms with Crippen molar-refractivity contribution in [3.05, 3.63) is 48.6 Å². The monoisotopic (exact) mass is 1850 g/mol. The van der Waals surface area contributed by atoms with Gasteiger partial charge in [0.2, 0.25) is 0 Å². The van der Waals surface area contributed by atoms with Gasteiger partial charge in [0, 0.05) is 98.7 Å². The van der Waals surface area contributed by atoms with Crippen molar-refractivity contribution in [1.29, 1.82) is 0 Å². The van der Waals surface area contributed by atoms with Crippen LogP contribution >= 0.6 is 0 Å². The molecule has 0 aromatic heterocycles. The number of esters is 17. The van der Waals surface area contributed by atoms with Crippen LogP contribution < -0.4 is 0 Å². The summed E-state index contributed by atoms with van der Waals surface area (Å²) in [5.74, 6) is -15.4. The average molecular weight is 1850 g/mol. The van der Waals surface area contributed by atoms with E-state index in [9.17, 15) is 89.9 Å². The van der Waals surface area contributed by atoms with Gasteiger partial charge in [-0.25, -0.2) is 38.4 Å². The van der Waals surface area contributed by atoms with Crippen LogP contribution in [0.5, 0.6) is 0 Å². The van der Waals surface area contributed by atoms with Crippen molar-refractivity contribution in [2.75, 3.05) is 33.0 Å². The number of rotatable bonds is 26. The summed E-state index contributed by atoms with van der Waals surface area (Å²) >= 11 is 0. The van der Waals surface area contributed by atoms with Gasteiger partial charge in [-0.2, -0.15) is 8.42 Å². The zero-order chi connectivity index (χ0) is 92.7. The number of carbonyl (C=O) groups is 17. The summed E-state index contributed by atoms with van der Waals surface area (Å²) < 4.78 is 122. The summed E-state index contributed by atoms with van der Waals surface area (Å²) in [7, 11) is -3.65. The molecule has 131 heavy (non-hydrogen) atoms. The van der Waals surface area contributed by atoms with Crippen molar-refractivity contribution in [3.8, 4) is 0 Å². The van der Waals surface area contributed by atoms with Gasteiger partial charge in [-0.1, -0.05) is 33.2 Å². The molecule has 0 spiro atoms. The van der Waals surface area contributed by atoms with Gasteiger partial charge >= 0.3 is 101 Å². The molecule has 37 nitrogen and oxygen atoms in total. The summed E-state index contributed by atoms with van der Waals surface area (Å²) in [5.41, 5.74) is 0.285. The molecule has 34 unspecified atom stereocenters. The van der Waals surface area contributed by atoms with E-state index in [4.69, 9.17) is 84.7 Å². The highest BCUT2D eigenvalue weighted by molar-refractivity contribution is 7.87. The number of fused-ring (bicyclic) bond motifs is 6. The molecule has 708 valence electrons. The van der Waals surface area contributed by atoms with Crippen LogP contribution in [0.3, 0.4) is 0 Å². The second kappa shape index (κ2) is 33.8. The Bertz CT molecular complexity index is 5020. The largest absolute Gasteiger partial charge is 0.465 e. The van der Waals surface area contributed by atoms with E-state index >= 15 is 0 Å². The van der Waals surface area contributed by atoms with Crippen LogP contribution in [-0.4, -0.2) is 227 Å². The maximum absolute atomic E-state index is 13.3. The lowest BCUT2D eigenvalue weighted by Crippen LogP contribution is -2.49. The van der Waals surface area contributed by atoms with Crippen LogP contribution in [0.1, 0.15) is 157 Å². The molecule has 23 rings (SSSR count). The normalized spacial score (nSPS) is 42.8. The Morgan fingerprint density at radius 2 is 0.687 bits per heavy atom. The highest BCUT2D eigenvalue weighted by atomic mass is 32.2. The third-order valence-electron chi connectivity index (χ3n) is 33.5. The molecule has 0 aromatic carbocycles. The highest BCUT2D eigenvalue weighted by Crippen LogP contribution is 2.67. The first-order valence-electron chi connectivity index (χ1n) is 46.1. The quantitative estimate of drug-likeness (QED) is 0.0482. The van der Waals surface area contributed by atoms with E-state index in [1.165, 1.54) is 47.0 Å². The lowest BCUT2D eigenvalue weighted by Gasteiger charge is -2.56. The molecular formula is C93H108O37S. The molecule has 6 saturated heterocycles. The molecule has 16 bridgehead atoms. The first kappa shape index (κ1) is 90.0. The molecular weight excluding hydrogens is 1740 g/mol. The maximum atomic E-state index is 13.3.